The van der Waals surface area contributed by atoms with E-state index in [1.165, 1.54) is 4.90 Å². The van der Waals surface area contributed by atoms with E-state index in [9.17, 15) is 19.5 Å². The van der Waals surface area contributed by atoms with Gasteiger partial charge >= 0.3 is 5.97 Å². The predicted octanol–water partition coefficient (Wildman–Crippen LogP) is 2.00. The van der Waals surface area contributed by atoms with Gasteiger partial charge in [-0.05, 0) is 46.0 Å². The number of hydrogen-bond donors (Lipinski definition) is 1. The maximum atomic E-state index is 14.1. The average molecular weight is 465 g/mol. The first kappa shape index (κ1) is 25.7. The number of carbonyl (C=O) groups is 3. The van der Waals surface area contributed by atoms with Gasteiger partial charge in [0, 0.05) is 12.6 Å². The second-order valence-corrected chi connectivity index (χ2v) is 10.6. The third-order valence-electron chi connectivity index (χ3n) is 8.07. The van der Waals surface area contributed by atoms with Crippen molar-refractivity contribution in [3.63, 3.8) is 0 Å². The van der Waals surface area contributed by atoms with Crippen LogP contribution in [0.3, 0.4) is 0 Å². The van der Waals surface area contributed by atoms with Gasteiger partial charge in [-0.25, -0.2) is 0 Å². The number of esters is 1. The Hall–Kier alpha value is -1.93. The fourth-order valence-corrected chi connectivity index (χ4v) is 6.38. The number of rotatable bonds is 9. The van der Waals surface area contributed by atoms with Crippen molar-refractivity contribution in [1.29, 1.82) is 0 Å². The molecule has 8 heteroatoms. The molecule has 186 valence electrons. The van der Waals surface area contributed by atoms with E-state index in [1.807, 2.05) is 41.5 Å². The third-order valence-corrected chi connectivity index (χ3v) is 8.07. The van der Waals surface area contributed by atoms with Gasteiger partial charge in [-0.1, -0.05) is 26.8 Å². The lowest BCUT2D eigenvalue weighted by atomic mass is 9.62. The number of amides is 2. The number of nitrogens with zero attached hydrogens (tertiary/aromatic N) is 2. The van der Waals surface area contributed by atoms with Crippen molar-refractivity contribution in [3.8, 4) is 0 Å². The van der Waals surface area contributed by atoms with Crippen molar-refractivity contribution < 1.29 is 29.0 Å². The van der Waals surface area contributed by atoms with Gasteiger partial charge in [-0.2, -0.15) is 0 Å². The Kier molecular flexibility index (Phi) is 7.02. The topological polar surface area (TPSA) is 96.4 Å². The highest BCUT2D eigenvalue weighted by molar-refractivity contribution is 5.99. The number of aliphatic hydroxyl groups is 1. The summed E-state index contributed by atoms with van der Waals surface area (Å²) in [5, 5.41) is 10.3. The first-order valence-electron chi connectivity index (χ1n) is 12.1. The summed E-state index contributed by atoms with van der Waals surface area (Å²) in [5.41, 5.74) is -2.04. The zero-order chi connectivity index (χ0) is 24.9. The molecule has 3 aliphatic rings. The summed E-state index contributed by atoms with van der Waals surface area (Å²) in [6, 6.07) is -1.62. The van der Waals surface area contributed by atoms with Crippen LogP contribution < -0.4 is 0 Å². The molecule has 3 saturated heterocycles. The Morgan fingerprint density at radius 2 is 2.00 bits per heavy atom. The van der Waals surface area contributed by atoms with E-state index in [0.717, 1.165) is 0 Å². The monoisotopic (exact) mass is 464 g/mol. The smallest absolute Gasteiger partial charge is 0.312 e. The molecule has 3 aliphatic heterocycles. The number of aliphatic hydroxyl groups excluding tert-OH is 1. The molecule has 7 atom stereocenters. The highest BCUT2D eigenvalue weighted by Crippen LogP contribution is 2.65. The quantitative estimate of drug-likeness (QED) is 0.414. The molecule has 1 N–H and O–H groups in total. The molecule has 8 nitrogen and oxygen atoms in total. The van der Waals surface area contributed by atoms with Crippen LogP contribution in [0.25, 0.3) is 0 Å². The second kappa shape index (κ2) is 9.02. The normalized spacial score (nSPS) is 35.8. The van der Waals surface area contributed by atoms with Crippen LogP contribution in [0.2, 0.25) is 0 Å². The van der Waals surface area contributed by atoms with Gasteiger partial charge in [0.25, 0.3) is 0 Å². The largest absolute Gasteiger partial charge is 0.466 e. The minimum Gasteiger partial charge on any atom is -0.466 e. The summed E-state index contributed by atoms with van der Waals surface area (Å²) in [4.78, 5) is 44.5. The molecule has 0 radical (unpaired) electrons. The average Bonchev–Trinajstić information content (AvgIpc) is 3.23. The number of likely N-dealkylation sites (tertiary alicyclic amines) is 1. The van der Waals surface area contributed by atoms with Crippen molar-refractivity contribution in [2.75, 3.05) is 19.8 Å². The number of hydrogen-bond acceptors (Lipinski definition) is 6. The highest BCUT2D eigenvalue weighted by atomic mass is 16.6. The molecule has 0 aromatic rings. The van der Waals surface area contributed by atoms with Crippen LogP contribution in [0.5, 0.6) is 0 Å². The van der Waals surface area contributed by atoms with Gasteiger partial charge in [-0.3, -0.25) is 14.4 Å². The van der Waals surface area contributed by atoms with Gasteiger partial charge in [0.15, 0.2) is 0 Å². The van der Waals surface area contributed by atoms with Crippen molar-refractivity contribution in [3.05, 3.63) is 12.7 Å². The highest BCUT2D eigenvalue weighted by Gasteiger charge is 2.80. The van der Waals surface area contributed by atoms with Gasteiger partial charge in [0.1, 0.15) is 17.6 Å². The van der Waals surface area contributed by atoms with Crippen LogP contribution >= 0.6 is 0 Å². The van der Waals surface area contributed by atoms with Gasteiger partial charge < -0.3 is 24.4 Å². The van der Waals surface area contributed by atoms with E-state index in [0.29, 0.717) is 13.0 Å². The number of ether oxygens (including phenoxy) is 2. The summed E-state index contributed by atoms with van der Waals surface area (Å²) in [5.74, 6) is -2.77. The van der Waals surface area contributed by atoms with E-state index in [-0.39, 0.29) is 42.9 Å². The maximum Gasteiger partial charge on any atom is 0.312 e. The van der Waals surface area contributed by atoms with Gasteiger partial charge in [-0.15, -0.1) is 6.58 Å². The molecule has 2 amide bonds. The van der Waals surface area contributed by atoms with Crippen LogP contribution in [0.1, 0.15) is 54.9 Å². The molecule has 2 bridgehead atoms. The Labute approximate surface area is 197 Å². The molecule has 1 spiro atoms. The molecule has 3 fully saturated rings. The maximum absolute atomic E-state index is 14.1. The molecule has 3 heterocycles. The minimum absolute atomic E-state index is 0.0512. The summed E-state index contributed by atoms with van der Waals surface area (Å²) >= 11 is 0. The number of fused-ring (bicyclic) bond motifs is 1. The van der Waals surface area contributed by atoms with Crippen molar-refractivity contribution in [1.82, 2.24) is 9.80 Å². The summed E-state index contributed by atoms with van der Waals surface area (Å²) < 4.78 is 12.0. The lowest BCUT2D eigenvalue weighted by molar-refractivity contribution is -0.164. The molecule has 0 aromatic heterocycles. The molecule has 0 saturated carbocycles. The third kappa shape index (κ3) is 3.60. The van der Waals surface area contributed by atoms with E-state index in [1.54, 1.807) is 17.9 Å². The molecule has 0 aliphatic carbocycles. The van der Waals surface area contributed by atoms with Crippen LogP contribution in [0.4, 0.5) is 0 Å². The van der Waals surface area contributed by atoms with Crippen LogP contribution in [-0.4, -0.2) is 81.8 Å². The lowest BCUT2D eigenvalue weighted by Gasteiger charge is -2.41. The summed E-state index contributed by atoms with van der Waals surface area (Å²) in [7, 11) is 0. The zero-order valence-electron chi connectivity index (χ0n) is 21.0. The minimum atomic E-state index is -1.14. The van der Waals surface area contributed by atoms with Gasteiger partial charge in [0.05, 0.1) is 30.8 Å². The zero-order valence-corrected chi connectivity index (χ0v) is 21.0. The van der Waals surface area contributed by atoms with Gasteiger partial charge in [0.2, 0.25) is 11.8 Å². The van der Waals surface area contributed by atoms with Crippen molar-refractivity contribution in [2.45, 2.75) is 84.2 Å². The van der Waals surface area contributed by atoms with Crippen molar-refractivity contribution in [2.24, 2.45) is 23.7 Å². The Balaban J connectivity index is 2.20. The number of carbonyl (C=O) groups excluding carboxylic acids is 3. The van der Waals surface area contributed by atoms with Crippen LogP contribution in [0, 0.1) is 23.7 Å². The molecular formula is C25H40N2O6. The molecule has 0 aromatic carbocycles. The van der Waals surface area contributed by atoms with E-state index >= 15 is 0 Å². The van der Waals surface area contributed by atoms with E-state index in [2.05, 4.69) is 6.58 Å². The SMILES string of the molecule is C=CCN(C(=O)C1N([C@@H](CO)C(C)C)C(=O)[C@@H]2[C@@H](C(=O)OCC)[C@]3(C)OC12CC3C)C(C)C. The Morgan fingerprint density at radius 3 is 2.48 bits per heavy atom. The second-order valence-electron chi connectivity index (χ2n) is 10.6. The van der Waals surface area contributed by atoms with E-state index in [4.69, 9.17) is 9.47 Å². The fraction of sp³-hybridized carbons (Fsp3) is 0.800. The first-order chi connectivity index (χ1) is 15.4. The van der Waals surface area contributed by atoms with Crippen LogP contribution in [0.15, 0.2) is 12.7 Å². The standard InChI is InChI=1S/C25H40N2O6/c1-9-11-26(15(5)6)22(30)20-25-12-16(7)24(8,33-25)19(23(31)32-10-2)18(25)21(29)27(20)17(13-28)14(3)4/h9,14-20,28H,1,10-13H2,2-8H3/t16?,17-,18-,19-,20?,24+,25?/m0/s1. The van der Waals surface area contributed by atoms with E-state index < -0.39 is 41.1 Å². The Bertz CT molecular complexity index is 813. The molecule has 33 heavy (non-hydrogen) atoms. The lowest BCUT2D eigenvalue weighted by Crippen LogP contribution is -2.60. The Morgan fingerprint density at radius 1 is 1.36 bits per heavy atom. The summed E-state index contributed by atoms with van der Waals surface area (Å²) in [6.45, 7) is 17.3. The van der Waals surface area contributed by atoms with Crippen molar-refractivity contribution >= 4 is 17.8 Å². The fourth-order valence-electron chi connectivity index (χ4n) is 6.38. The summed E-state index contributed by atoms with van der Waals surface area (Å²) in [6.07, 6.45) is 2.15. The molecule has 3 rings (SSSR count). The van der Waals surface area contributed by atoms with Crippen LogP contribution in [-0.2, 0) is 23.9 Å². The predicted molar refractivity (Wildman–Crippen MR) is 123 cm³/mol. The molecular weight excluding hydrogens is 424 g/mol. The first-order valence-corrected chi connectivity index (χ1v) is 12.1. The molecule has 3 unspecified atom stereocenters.